The van der Waals surface area contributed by atoms with Crippen molar-refractivity contribution in [2.24, 2.45) is 4.99 Å². The average molecular weight is 369 g/mol. The fourth-order valence-electron chi connectivity index (χ4n) is 2.65. The Labute approximate surface area is 145 Å². The van der Waals surface area contributed by atoms with E-state index in [1.165, 1.54) is 11.8 Å². The van der Waals surface area contributed by atoms with Crippen LogP contribution in [0.25, 0.3) is 0 Å². The SMILES string of the molecule is COCCNC(=O)c1cccc(NC2=N[C@@H]3CS(=O)(=O)C[C@@H]3S2)c1. The number of hydrogen-bond acceptors (Lipinski definition) is 7. The molecule has 7 nitrogen and oxygen atoms in total. The molecule has 130 valence electrons. The molecule has 24 heavy (non-hydrogen) atoms. The zero-order valence-electron chi connectivity index (χ0n) is 13.2. The maximum absolute atomic E-state index is 12.0. The number of fused-ring (bicyclic) bond motifs is 1. The first-order chi connectivity index (χ1) is 11.5. The number of carbonyl (C=O) groups is 1. The van der Waals surface area contributed by atoms with Gasteiger partial charge in [-0.1, -0.05) is 17.8 Å². The van der Waals surface area contributed by atoms with Crippen LogP contribution in [-0.4, -0.2) is 62.6 Å². The van der Waals surface area contributed by atoms with Gasteiger partial charge < -0.3 is 15.4 Å². The molecule has 1 fully saturated rings. The molecule has 2 atom stereocenters. The molecule has 0 bridgehead atoms. The van der Waals surface area contributed by atoms with E-state index in [-0.39, 0.29) is 28.7 Å². The Balaban J connectivity index is 1.63. The van der Waals surface area contributed by atoms with E-state index in [4.69, 9.17) is 4.74 Å². The maximum atomic E-state index is 12.0. The van der Waals surface area contributed by atoms with Crippen molar-refractivity contribution in [1.29, 1.82) is 0 Å². The average Bonchev–Trinajstić information content (AvgIpc) is 3.00. The summed E-state index contributed by atoms with van der Waals surface area (Å²) in [7, 11) is -1.37. The predicted octanol–water partition coefficient (Wildman–Crippen LogP) is 0.743. The fraction of sp³-hybridized carbons (Fsp3) is 0.467. The normalized spacial score (nSPS) is 24.3. The lowest BCUT2D eigenvalue weighted by Gasteiger charge is -2.09. The number of methoxy groups -OCH3 is 1. The van der Waals surface area contributed by atoms with Gasteiger partial charge in [-0.2, -0.15) is 0 Å². The van der Waals surface area contributed by atoms with Crippen molar-refractivity contribution < 1.29 is 17.9 Å². The minimum absolute atomic E-state index is 0.00183. The number of aliphatic imine (C=N–C) groups is 1. The second-order valence-electron chi connectivity index (χ2n) is 5.69. The van der Waals surface area contributed by atoms with Crippen LogP contribution >= 0.6 is 11.8 Å². The van der Waals surface area contributed by atoms with E-state index in [1.807, 2.05) is 6.07 Å². The van der Waals surface area contributed by atoms with E-state index in [0.717, 1.165) is 5.69 Å². The number of benzene rings is 1. The van der Waals surface area contributed by atoms with E-state index in [1.54, 1.807) is 25.3 Å². The monoisotopic (exact) mass is 369 g/mol. The number of amidine groups is 1. The molecule has 3 rings (SSSR count). The molecule has 9 heteroatoms. The van der Waals surface area contributed by atoms with E-state index in [9.17, 15) is 13.2 Å². The van der Waals surface area contributed by atoms with Crippen molar-refractivity contribution in [3.05, 3.63) is 29.8 Å². The number of ether oxygens (including phenoxy) is 1. The quantitative estimate of drug-likeness (QED) is 0.743. The van der Waals surface area contributed by atoms with Gasteiger partial charge in [-0.15, -0.1) is 0 Å². The lowest BCUT2D eigenvalue weighted by molar-refractivity contribution is 0.0937. The minimum atomic E-state index is -2.95. The summed E-state index contributed by atoms with van der Waals surface area (Å²) in [4.78, 5) is 16.5. The number of rotatable bonds is 5. The van der Waals surface area contributed by atoms with Gasteiger partial charge >= 0.3 is 0 Å². The summed E-state index contributed by atoms with van der Waals surface area (Å²) in [5.41, 5.74) is 1.30. The number of hydrogen-bond donors (Lipinski definition) is 2. The smallest absolute Gasteiger partial charge is 0.251 e. The molecule has 0 aromatic heterocycles. The first-order valence-corrected chi connectivity index (χ1v) is 10.3. The fourth-order valence-corrected chi connectivity index (χ4v) is 6.32. The third kappa shape index (κ3) is 4.08. The molecule has 0 radical (unpaired) electrons. The van der Waals surface area contributed by atoms with Crippen LogP contribution in [-0.2, 0) is 14.6 Å². The Bertz CT molecular complexity index is 764. The molecule has 0 unspecified atom stereocenters. The number of sulfone groups is 1. The summed E-state index contributed by atoms with van der Waals surface area (Å²) >= 11 is 1.45. The molecular formula is C15H19N3O4S2. The van der Waals surface area contributed by atoms with Crippen molar-refractivity contribution in [3.63, 3.8) is 0 Å². The summed E-state index contributed by atoms with van der Waals surface area (Å²) < 4.78 is 28.1. The van der Waals surface area contributed by atoms with Crippen molar-refractivity contribution >= 4 is 38.4 Å². The van der Waals surface area contributed by atoms with Gasteiger partial charge in [0.2, 0.25) is 0 Å². The number of carbonyl (C=O) groups excluding carboxylic acids is 1. The molecule has 0 saturated carbocycles. The summed E-state index contributed by atoms with van der Waals surface area (Å²) in [5.74, 6) is 0.135. The first kappa shape index (κ1) is 17.2. The Kier molecular flexibility index (Phi) is 5.12. The third-order valence-corrected chi connectivity index (χ3v) is 6.93. The Hall–Kier alpha value is -1.58. The van der Waals surface area contributed by atoms with E-state index >= 15 is 0 Å². The third-order valence-electron chi connectivity index (χ3n) is 3.79. The molecule has 2 aliphatic rings. The van der Waals surface area contributed by atoms with Crippen LogP contribution < -0.4 is 10.6 Å². The number of nitrogens with zero attached hydrogens (tertiary/aromatic N) is 1. The highest BCUT2D eigenvalue weighted by atomic mass is 32.2. The molecule has 1 aromatic rings. The number of thioether (sulfide) groups is 1. The number of amides is 1. The molecule has 2 aliphatic heterocycles. The number of nitrogens with one attached hydrogen (secondary N) is 2. The number of anilines is 1. The van der Waals surface area contributed by atoms with Crippen molar-refractivity contribution in [3.8, 4) is 0 Å². The Morgan fingerprint density at radius 2 is 2.25 bits per heavy atom. The molecular weight excluding hydrogens is 350 g/mol. The van der Waals surface area contributed by atoms with Gasteiger partial charge in [0.1, 0.15) is 0 Å². The van der Waals surface area contributed by atoms with Crippen LogP contribution in [0.2, 0.25) is 0 Å². The highest BCUT2D eigenvalue weighted by Gasteiger charge is 2.42. The van der Waals surface area contributed by atoms with Gasteiger partial charge in [0, 0.05) is 30.2 Å². The van der Waals surface area contributed by atoms with Crippen LogP contribution in [0.3, 0.4) is 0 Å². The van der Waals surface area contributed by atoms with Gasteiger partial charge in [0.05, 0.1) is 24.2 Å². The zero-order valence-corrected chi connectivity index (χ0v) is 14.8. The zero-order chi connectivity index (χ0) is 17.2. The molecule has 1 saturated heterocycles. The molecule has 2 heterocycles. The predicted molar refractivity (Wildman–Crippen MR) is 95.5 cm³/mol. The summed E-state index contributed by atoms with van der Waals surface area (Å²) in [6.45, 7) is 0.913. The lowest BCUT2D eigenvalue weighted by atomic mass is 10.2. The van der Waals surface area contributed by atoms with Crippen LogP contribution in [0.1, 0.15) is 10.4 Å². The van der Waals surface area contributed by atoms with Gasteiger partial charge in [-0.05, 0) is 18.2 Å². The second-order valence-corrected chi connectivity index (χ2v) is 9.07. The van der Waals surface area contributed by atoms with Crippen LogP contribution in [0, 0.1) is 0 Å². The van der Waals surface area contributed by atoms with Gasteiger partial charge in [-0.3, -0.25) is 9.79 Å². The standard InChI is InChI=1S/C15H19N3O4S2/c1-22-6-5-16-14(19)10-3-2-4-11(7-10)17-15-18-12-8-24(20,21)9-13(12)23-15/h2-4,7,12-13H,5-6,8-9H2,1H3,(H,16,19)(H,17,18)/t12-,13+/m1/s1. The summed E-state index contributed by atoms with van der Waals surface area (Å²) in [6, 6.07) is 6.95. The van der Waals surface area contributed by atoms with E-state index in [2.05, 4.69) is 15.6 Å². The van der Waals surface area contributed by atoms with Gasteiger partial charge in [0.25, 0.3) is 5.91 Å². The van der Waals surface area contributed by atoms with Crippen LogP contribution in [0.5, 0.6) is 0 Å². The minimum Gasteiger partial charge on any atom is -0.383 e. The summed E-state index contributed by atoms with van der Waals surface area (Å²) in [6.07, 6.45) is 0. The van der Waals surface area contributed by atoms with Gasteiger partial charge in [0.15, 0.2) is 15.0 Å². The van der Waals surface area contributed by atoms with Crippen LogP contribution in [0.15, 0.2) is 29.3 Å². The molecule has 0 spiro atoms. The lowest BCUT2D eigenvalue weighted by Crippen LogP contribution is -2.27. The Morgan fingerprint density at radius 3 is 3.00 bits per heavy atom. The highest BCUT2D eigenvalue weighted by molar-refractivity contribution is 8.15. The van der Waals surface area contributed by atoms with E-state index < -0.39 is 9.84 Å². The largest absolute Gasteiger partial charge is 0.383 e. The highest BCUT2D eigenvalue weighted by Crippen LogP contribution is 2.34. The first-order valence-electron chi connectivity index (χ1n) is 7.56. The van der Waals surface area contributed by atoms with Crippen molar-refractivity contribution in [1.82, 2.24) is 5.32 Å². The van der Waals surface area contributed by atoms with Crippen molar-refractivity contribution in [2.75, 3.05) is 37.1 Å². The molecule has 1 amide bonds. The van der Waals surface area contributed by atoms with E-state index in [0.29, 0.717) is 23.9 Å². The van der Waals surface area contributed by atoms with Crippen LogP contribution in [0.4, 0.5) is 5.69 Å². The summed E-state index contributed by atoms with van der Waals surface area (Å²) in [5, 5.41) is 6.64. The second kappa shape index (κ2) is 7.12. The van der Waals surface area contributed by atoms with Crippen molar-refractivity contribution in [2.45, 2.75) is 11.3 Å². The Morgan fingerprint density at radius 1 is 1.42 bits per heavy atom. The molecule has 0 aliphatic carbocycles. The maximum Gasteiger partial charge on any atom is 0.251 e. The molecule has 2 N–H and O–H groups in total. The van der Waals surface area contributed by atoms with Gasteiger partial charge in [-0.25, -0.2) is 8.42 Å². The molecule has 1 aromatic carbocycles. The topological polar surface area (TPSA) is 96.9 Å².